The summed E-state index contributed by atoms with van der Waals surface area (Å²) in [4.78, 5) is 6.91. The molecule has 0 bridgehead atoms. The van der Waals surface area contributed by atoms with Crippen LogP contribution in [0.5, 0.6) is 0 Å². The summed E-state index contributed by atoms with van der Waals surface area (Å²) in [5.41, 5.74) is 1.11. The first-order chi connectivity index (χ1) is 13.2. The van der Waals surface area contributed by atoms with Crippen LogP contribution in [0.1, 0.15) is 5.56 Å². The van der Waals surface area contributed by atoms with Gasteiger partial charge in [-0.2, -0.15) is 0 Å². The number of hydrogen-bond donors (Lipinski definition) is 0. The minimum absolute atomic E-state index is 0.674. The summed E-state index contributed by atoms with van der Waals surface area (Å²) in [5, 5.41) is 10.3. The van der Waals surface area contributed by atoms with Crippen molar-refractivity contribution in [1.29, 1.82) is 0 Å². The highest BCUT2D eigenvalue weighted by Crippen LogP contribution is 2.23. The monoisotopic (exact) mass is 407 g/mol. The molecular formula is C19H23Cl2N5O. The molecule has 8 heteroatoms. The van der Waals surface area contributed by atoms with Crippen molar-refractivity contribution in [2.75, 3.05) is 62.3 Å². The summed E-state index contributed by atoms with van der Waals surface area (Å²) in [6.45, 7) is 7.88. The molecule has 2 aromatic rings. The number of benzene rings is 1. The average Bonchev–Trinajstić information content (AvgIpc) is 2.71. The van der Waals surface area contributed by atoms with Gasteiger partial charge in [-0.3, -0.25) is 4.90 Å². The molecule has 0 radical (unpaired) electrons. The molecule has 2 saturated heterocycles. The molecule has 4 rings (SSSR count). The Morgan fingerprint density at radius 3 is 2.04 bits per heavy atom. The van der Waals surface area contributed by atoms with E-state index in [1.165, 1.54) is 0 Å². The quantitative estimate of drug-likeness (QED) is 0.775. The molecule has 2 aliphatic rings. The van der Waals surface area contributed by atoms with E-state index in [1.807, 2.05) is 12.1 Å². The lowest BCUT2D eigenvalue weighted by Gasteiger charge is -2.35. The summed E-state index contributed by atoms with van der Waals surface area (Å²) in [7, 11) is 0. The van der Waals surface area contributed by atoms with E-state index in [0.29, 0.717) is 5.02 Å². The normalized spacial score (nSPS) is 18.7. The maximum Gasteiger partial charge on any atom is 0.151 e. The standard InChI is InChI=1S/C19H23Cl2N5O/c20-16-2-1-15(17(21)13-16)14-24-5-7-25(8-6-24)18-3-4-19(23-22-18)26-9-11-27-12-10-26/h1-4,13H,5-12,14H2. The molecule has 0 aliphatic carbocycles. The van der Waals surface area contributed by atoms with Gasteiger partial charge in [0.15, 0.2) is 11.6 Å². The van der Waals surface area contributed by atoms with Gasteiger partial charge in [-0.25, -0.2) is 0 Å². The zero-order valence-corrected chi connectivity index (χ0v) is 16.7. The fourth-order valence-electron chi connectivity index (χ4n) is 3.47. The topological polar surface area (TPSA) is 44.7 Å². The zero-order chi connectivity index (χ0) is 18.6. The summed E-state index contributed by atoms with van der Waals surface area (Å²) < 4.78 is 5.39. The van der Waals surface area contributed by atoms with Gasteiger partial charge >= 0.3 is 0 Å². The molecule has 27 heavy (non-hydrogen) atoms. The Labute approximate surface area is 169 Å². The smallest absolute Gasteiger partial charge is 0.151 e. The SMILES string of the molecule is Clc1ccc(CN2CCN(c3ccc(N4CCOCC4)nn3)CC2)c(Cl)c1. The Morgan fingerprint density at radius 1 is 0.815 bits per heavy atom. The number of hydrogen-bond acceptors (Lipinski definition) is 6. The van der Waals surface area contributed by atoms with E-state index < -0.39 is 0 Å². The molecule has 2 fully saturated rings. The first-order valence-electron chi connectivity index (χ1n) is 9.27. The molecule has 0 amide bonds. The van der Waals surface area contributed by atoms with Crippen molar-refractivity contribution < 1.29 is 4.74 Å². The lowest BCUT2D eigenvalue weighted by molar-refractivity contribution is 0.122. The maximum atomic E-state index is 6.30. The van der Waals surface area contributed by atoms with Crippen molar-refractivity contribution in [3.8, 4) is 0 Å². The minimum Gasteiger partial charge on any atom is -0.378 e. The fraction of sp³-hybridized carbons (Fsp3) is 0.474. The van der Waals surface area contributed by atoms with Crippen LogP contribution in [0, 0.1) is 0 Å². The summed E-state index contributed by atoms with van der Waals surface area (Å²) in [6, 6.07) is 9.84. The average molecular weight is 408 g/mol. The number of nitrogens with zero attached hydrogens (tertiary/aromatic N) is 5. The number of halogens is 2. The van der Waals surface area contributed by atoms with Gasteiger partial charge in [0.2, 0.25) is 0 Å². The fourth-order valence-corrected chi connectivity index (χ4v) is 3.94. The van der Waals surface area contributed by atoms with Gasteiger partial charge in [-0.15, -0.1) is 10.2 Å². The molecule has 3 heterocycles. The molecule has 0 atom stereocenters. The van der Waals surface area contributed by atoms with Gasteiger partial charge in [-0.05, 0) is 29.8 Å². The zero-order valence-electron chi connectivity index (χ0n) is 15.2. The van der Waals surface area contributed by atoms with Crippen LogP contribution in [0.3, 0.4) is 0 Å². The van der Waals surface area contributed by atoms with Crippen LogP contribution in [-0.4, -0.2) is 67.6 Å². The molecule has 0 N–H and O–H groups in total. The number of anilines is 2. The Morgan fingerprint density at radius 2 is 1.44 bits per heavy atom. The molecule has 1 aromatic heterocycles. The lowest BCUT2D eigenvalue weighted by Crippen LogP contribution is -2.46. The van der Waals surface area contributed by atoms with Crippen LogP contribution >= 0.6 is 23.2 Å². The highest BCUT2D eigenvalue weighted by atomic mass is 35.5. The minimum atomic E-state index is 0.674. The van der Waals surface area contributed by atoms with E-state index in [4.69, 9.17) is 27.9 Å². The van der Waals surface area contributed by atoms with Gasteiger partial charge in [0.05, 0.1) is 13.2 Å². The Bertz CT molecular complexity index is 759. The Balaban J connectivity index is 1.32. The van der Waals surface area contributed by atoms with Crippen LogP contribution in [-0.2, 0) is 11.3 Å². The van der Waals surface area contributed by atoms with E-state index in [2.05, 4.69) is 37.0 Å². The molecule has 2 aliphatic heterocycles. The van der Waals surface area contributed by atoms with Gasteiger partial charge in [0, 0.05) is 55.9 Å². The van der Waals surface area contributed by atoms with E-state index >= 15 is 0 Å². The predicted octanol–water partition coefficient (Wildman–Crippen LogP) is 2.94. The van der Waals surface area contributed by atoms with Crippen LogP contribution in [0.2, 0.25) is 10.0 Å². The first-order valence-corrected chi connectivity index (χ1v) is 10.0. The third-order valence-electron chi connectivity index (χ3n) is 5.08. The van der Waals surface area contributed by atoms with Crippen molar-refractivity contribution in [2.45, 2.75) is 6.54 Å². The highest BCUT2D eigenvalue weighted by Gasteiger charge is 2.20. The van der Waals surface area contributed by atoms with Crippen molar-refractivity contribution in [2.24, 2.45) is 0 Å². The van der Waals surface area contributed by atoms with Crippen LogP contribution in [0.25, 0.3) is 0 Å². The van der Waals surface area contributed by atoms with Gasteiger partial charge in [0.1, 0.15) is 0 Å². The summed E-state index contributed by atoms with van der Waals surface area (Å²) in [6.07, 6.45) is 0. The van der Waals surface area contributed by atoms with Crippen molar-refractivity contribution in [1.82, 2.24) is 15.1 Å². The van der Waals surface area contributed by atoms with Gasteiger partial charge in [0.25, 0.3) is 0 Å². The second kappa shape index (κ2) is 8.61. The van der Waals surface area contributed by atoms with E-state index in [9.17, 15) is 0 Å². The molecular weight excluding hydrogens is 385 g/mol. The van der Waals surface area contributed by atoms with E-state index in [-0.39, 0.29) is 0 Å². The molecule has 1 aromatic carbocycles. The predicted molar refractivity (Wildman–Crippen MR) is 109 cm³/mol. The highest BCUT2D eigenvalue weighted by molar-refractivity contribution is 6.35. The van der Waals surface area contributed by atoms with Crippen molar-refractivity contribution in [3.05, 3.63) is 45.9 Å². The second-order valence-electron chi connectivity index (χ2n) is 6.85. The second-order valence-corrected chi connectivity index (χ2v) is 7.69. The van der Waals surface area contributed by atoms with E-state index in [1.54, 1.807) is 6.07 Å². The summed E-state index contributed by atoms with van der Waals surface area (Å²) in [5.74, 6) is 1.87. The maximum absolute atomic E-state index is 6.30. The molecule has 6 nitrogen and oxygen atoms in total. The number of morpholine rings is 1. The third-order valence-corrected chi connectivity index (χ3v) is 5.66. The van der Waals surface area contributed by atoms with Crippen molar-refractivity contribution >= 4 is 34.8 Å². The Hall–Kier alpha value is -1.60. The van der Waals surface area contributed by atoms with Gasteiger partial charge < -0.3 is 14.5 Å². The number of piperazine rings is 1. The van der Waals surface area contributed by atoms with Crippen LogP contribution in [0.15, 0.2) is 30.3 Å². The number of ether oxygens (including phenoxy) is 1. The summed E-state index contributed by atoms with van der Waals surface area (Å²) >= 11 is 12.3. The third kappa shape index (κ3) is 4.63. The molecule has 0 saturated carbocycles. The molecule has 0 unspecified atom stereocenters. The largest absolute Gasteiger partial charge is 0.378 e. The first kappa shape index (κ1) is 18.7. The van der Waals surface area contributed by atoms with Crippen molar-refractivity contribution in [3.63, 3.8) is 0 Å². The Kier molecular flexibility index (Phi) is 5.98. The number of rotatable bonds is 4. The lowest BCUT2D eigenvalue weighted by atomic mass is 10.2. The molecule has 144 valence electrons. The molecule has 0 spiro atoms. The van der Waals surface area contributed by atoms with E-state index in [0.717, 1.165) is 81.2 Å². The van der Waals surface area contributed by atoms with Crippen LogP contribution < -0.4 is 9.80 Å². The van der Waals surface area contributed by atoms with Crippen LogP contribution in [0.4, 0.5) is 11.6 Å². The van der Waals surface area contributed by atoms with Gasteiger partial charge in [-0.1, -0.05) is 29.3 Å². The number of aromatic nitrogens is 2.